The van der Waals surface area contributed by atoms with E-state index in [-0.39, 0.29) is 0 Å². The molecule has 0 fully saturated rings. The predicted molar refractivity (Wildman–Crippen MR) is 70.3 cm³/mol. The van der Waals surface area contributed by atoms with Crippen LogP contribution in [0.1, 0.15) is 32.8 Å². The number of aryl methyl sites for hydroxylation is 1. The molecule has 0 aliphatic carbocycles. The number of carbonyl (C=O) groups is 1. The second kappa shape index (κ2) is 5.21. The van der Waals surface area contributed by atoms with Crippen LogP contribution in [0, 0.1) is 12.8 Å². The molecule has 1 aromatic rings. The van der Waals surface area contributed by atoms with Gasteiger partial charge in [0, 0.05) is 5.69 Å². The number of carboxylic acids is 1. The second-order valence-electron chi connectivity index (χ2n) is 5.23. The van der Waals surface area contributed by atoms with Crippen molar-refractivity contribution >= 4 is 11.7 Å². The van der Waals surface area contributed by atoms with E-state index in [1.54, 1.807) is 6.92 Å². The molecule has 17 heavy (non-hydrogen) atoms. The summed E-state index contributed by atoms with van der Waals surface area (Å²) >= 11 is 0. The lowest BCUT2D eigenvalue weighted by Gasteiger charge is -2.29. The van der Waals surface area contributed by atoms with E-state index in [1.807, 2.05) is 45.0 Å². The fourth-order valence-electron chi connectivity index (χ4n) is 2.05. The summed E-state index contributed by atoms with van der Waals surface area (Å²) in [5.41, 5.74) is 1.06. The van der Waals surface area contributed by atoms with Gasteiger partial charge in [0.15, 0.2) is 0 Å². The number of hydrogen-bond acceptors (Lipinski definition) is 2. The van der Waals surface area contributed by atoms with Gasteiger partial charge in [-0.15, -0.1) is 0 Å². The van der Waals surface area contributed by atoms with Crippen molar-refractivity contribution in [2.45, 2.75) is 39.7 Å². The van der Waals surface area contributed by atoms with Crippen LogP contribution in [0.4, 0.5) is 5.69 Å². The molecule has 3 heteroatoms. The lowest BCUT2D eigenvalue weighted by atomic mass is 9.90. The minimum absolute atomic E-state index is 0.327. The van der Waals surface area contributed by atoms with E-state index in [2.05, 4.69) is 5.32 Å². The van der Waals surface area contributed by atoms with Crippen molar-refractivity contribution in [1.29, 1.82) is 0 Å². The maximum absolute atomic E-state index is 11.4. The molecular weight excluding hydrogens is 214 g/mol. The lowest BCUT2D eigenvalue weighted by molar-refractivity contribution is -0.142. The zero-order valence-corrected chi connectivity index (χ0v) is 10.9. The summed E-state index contributed by atoms with van der Waals surface area (Å²) in [7, 11) is 0. The molecule has 2 N–H and O–H groups in total. The average Bonchev–Trinajstić information content (AvgIpc) is 2.15. The Balaban J connectivity index is 2.90. The highest BCUT2D eigenvalue weighted by Gasteiger charge is 2.33. The number of aliphatic carboxylic acids is 1. The molecule has 0 heterocycles. The van der Waals surface area contributed by atoms with Crippen molar-refractivity contribution in [3.05, 3.63) is 29.8 Å². The molecule has 1 atom stereocenters. The van der Waals surface area contributed by atoms with Crippen molar-refractivity contribution in [1.82, 2.24) is 0 Å². The van der Waals surface area contributed by atoms with Crippen molar-refractivity contribution in [2.75, 3.05) is 5.32 Å². The van der Waals surface area contributed by atoms with Gasteiger partial charge < -0.3 is 10.4 Å². The molecular formula is C14H21NO2. The summed E-state index contributed by atoms with van der Waals surface area (Å²) < 4.78 is 0. The topological polar surface area (TPSA) is 49.3 Å². The summed E-state index contributed by atoms with van der Waals surface area (Å²) in [5, 5.41) is 12.5. The SMILES string of the molecule is Cc1cccc(NC(C)(CC(C)C)C(=O)O)c1. The Kier molecular flexibility index (Phi) is 4.16. The first-order chi connectivity index (χ1) is 7.83. The van der Waals surface area contributed by atoms with E-state index in [0.29, 0.717) is 12.3 Å². The molecule has 0 bridgehead atoms. The third-order valence-electron chi connectivity index (χ3n) is 2.73. The zero-order chi connectivity index (χ0) is 13.1. The molecule has 1 rings (SSSR count). The minimum Gasteiger partial charge on any atom is -0.480 e. The van der Waals surface area contributed by atoms with E-state index >= 15 is 0 Å². The van der Waals surface area contributed by atoms with E-state index in [1.165, 1.54) is 0 Å². The monoisotopic (exact) mass is 235 g/mol. The fraction of sp³-hybridized carbons (Fsp3) is 0.500. The van der Waals surface area contributed by atoms with Crippen LogP contribution in [0.2, 0.25) is 0 Å². The molecule has 0 aliphatic rings. The Morgan fingerprint density at radius 2 is 2.12 bits per heavy atom. The number of rotatable bonds is 5. The molecule has 0 saturated carbocycles. The molecule has 0 amide bonds. The van der Waals surface area contributed by atoms with Gasteiger partial charge in [-0.1, -0.05) is 26.0 Å². The van der Waals surface area contributed by atoms with Crippen LogP contribution in [-0.4, -0.2) is 16.6 Å². The normalized spacial score (nSPS) is 14.4. The molecule has 1 unspecified atom stereocenters. The van der Waals surface area contributed by atoms with Crippen molar-refractivity contribution in [3.63, 3.8) is 0 Å². The largest absolute Gasteiger partial charge is 0.480 e. The van der Waals surface area contributed by atoms with Crippen LogP contribution in [-0.2, 0) is 4.79 Å². The van der Waals surface area contributed by atoms with Crippen LogP contribution in [0.15, 0.2) is 24.3 Å². The summed E-state index contributed by atoms with van der Waals surface area (Å²) in [5.74, 6) is -0.485. The highest BCUT2D eigenvalue weighted by Crippen LogP contribution is 2.23. The van der Waals surface area contributed by atoms with Crippen LogP contribution in [0.25, 0.3) is 0 Å². The number of benzene rings is 1. The number of hydrogen-bond donors (Lipinski definition) is 2. The smallest absolute Gasteiger partial charge is 0.329 e. The van der Waals surface area contributed by atoms with Gasteiger partial charge in [0.2, 0.25) is 0 Å². The number of nitrogens with one attached hydrogen (secondary N) is 1. The zero-order valence-electron chi connectivity index (χ0n) is 10.9. The summed E-state index contributed by atoms with van der Waals surface area (Å²) in [6.45, 7) is 7.78. The molecule has 0 radical (unpaired) electrons. The quantitative estimate of drug-likeness (QED) is 0.823. The van der Waals surface area contributed by atoms with Gasteiger partial charge in [0.05, 0.1) is 0 Å². The Bertz CT molecular complexity index is 401. The summed E-state index contributed by atoms with van der Waals surface area (Å²) in [6.07, 6.45) is 0.594. The molecule has 1 aromatic carbocycles. The predicted octanol–water partition coefficient (Wildman–Crippen LogP) is 3.30. The average molecular weight is 235 g/mol. The third-order valence-corrected chi connectivity index (χ3v) is 2.73. The van der Waals surface area contributed by atoms with Gasteiger partial charge in [-0.25, -0.2) is 4.79 Å². The van der Waals surface area contributed by atoms with Gasteiger partial charge in [-0.2, -0.15) is 0 Å². The molecule has 0 saturated heterocycles. The van der Waals surface area contributed by atoms with Gasteiger partial charge in [0.1, 0.15) is 5.54 Å². The maximum Gasteiger partial charge on any atom is 0.329 e. The molecule has 0 spiro atoms. The maximum atomic E-state index is 11.4. The highest BCUT2D eigenvalue weighted by atomic mass is 16.4. The Labute approximate surface area is 103 Å². The highest BCUT2D eigenvalue weighted by molar-refractivity contribution is 5.82. The van der Waals surface area contributed by atoms with Crippen molar-refractivity contribution in [3.8, 4) is 0 Å². The van der Waals surface area contributed by atoms with Crippen LogP contribution in [0.5, 0.6) is 0 Å². The van der Waals surface area contributed by atoms with Crippen LogP contribution >= 0.6 is 0 Å². The Morgan fingerprint density at radius 3 is 2.59 bits per heavy atom. The van der Waals surface area contributed by atoms with Gasteiger partial charge in [-0.05, 0) is 43.9 Å². The van der Waals surface area contributed by atoms with Crippen molar-refractivity contribution < 1.29 is 9.90 Å². The van der Waals surface area contributed by atoms with Gasteiger partial charge in [0.25, 0.3) is 0 Å². The minimum atomic E-state index is -0.915. The van der Waals surface area contributed by atoms with Gasteiger partial charge in [-0.3, -0.25) is 0 Å². The van der Waals surface area contributed by atoms with Crippen molar-refractivity contribution in [2.24, 2.45) is 5.92 Å². The second-order valence-corrected chi connectivity index (χ2v) is 5.23. The Morgan fingerprint density at radius 1 is 1.47 bits per heavy atom. The molecule has 94 valence electrons. The standard InChI is InChI=1S/C14H21NO2/c1-10(2)9-14(4,13(16)17)15-12-7-5-6-11(3)8-12/h5-8,10,15H,9H2,1-4H3,(H,16,17). The summed E-state index contributed by atoms with van der Waals surface area (Å²) in [4.78, 5) is 11.4. The number of anilines is 1. The van der Waals surface area contributed by atoms with E-state index < -0.39 is 11.5 Å². The van der Waals surface area contributed by atoms with Crippen LogP contribution < -0.4 is 5.32 Å². The first-order valence-electron chi connectivity index (χ1n) is 5.92. The third kappa shape index (κ3) is 3.77. The van der Waals surface area contributed by atoms with Gasteiger partial charge >= 0.3 is 5.97 Å². The van der Waals surface area contributed by atoms with E-state index in [0.717, 1.165) is 11.3 Å². The first-order valence-corrected chi connectivity index (χ1v) is 5.92. The van der Waals surface area contributed by atoms with E-state index in [4.69, 9.17) is 0 Å². The fourth-order valence-corrected chi connectivity index (χ4v) is 2.05. The first kappa shape index (κ1) is 13.6. The summed E-state index contributed by atoms with van der Waals surface area (Å²) in [6, 6.07) is 7.77. The van der Waals surface area contributed by atoms with Crippen LogP contribution in [0.3, 0.4) is 0 Å². The molecule has 3 nitrogen and oxygen atoms in total. The lowest BCUT2D eigenvalue weighted by Crippen LogP contribution is -2.44. The molecule has 0 aromatic heterocycles. The van der Waals surface area contributed by atoms with E-state index in [9.17, 15) is 9.90 Å². The Hall–Kier alpha value is -1.51. The molecule has 0 aliphatic heterocycles. The number of carboxylic acid groups (broad SMARTS) is 1.